The van der Waals surface area contributed by atoms with E-state index in [2.05, 4.69) is 5.32 Å². The lowest BCUT2D eigenvalue weighted by Crippen LogP contribution is -2.37. The fourth-order valence-electron chi connectivity index (χ4n) is 5.37. The van der Waals surface area contributed by atoms with Crippen LogP contribution >= 0.6 is 11.6 Å². The van der Waals surface area contributed by atoms with Gasteiger partial charge in [0.05, 0.1) is 12.7 Å². The van der Waals surface area contributed by atoms with Crippen LogP contribution in [0.1, 0.15) is 53.2 Å². The zero-order valence-corrected chi connectivity index (χ0v) is 23.2. The Labute approximate surface area is 244 Å². The van der Waals surface area contributed by atoms with Gasteiger partial charge in [0.15, 0.2) is 6.10 Å². The Hall–Kier alpha value is -3.67. The quantitative estimate of drug-likeness (QED) is 0.391. The fraction of sp³-hybridized carbons (Fsp3) is 0.367. The van der Waals surface area contributed by atoms with Crippen LogP contribution in [0.5, 0.6) is 0 Å². The number of hydrogen-bond acceptors (Lipinski definition) is 5. The monoisotopic (exact) mass is 603 g/mol. The molecule has 1 fully saturated rings. The largest absolute Gasteiger partial charge is 0.414 e. The van der Waals surface area contributed by atoms with Crippen LogP contribution in [0, 0.1) is 0 Å². The van der Waals surface area contributed by atoms with E-state index in [-0.39, 0.29) is 18.1 Å². The summed E-state index contributed by atoms with van der Waals surface area (Å²) in [5.74, 6) is -1.15. The minimum Gasteiger partial charge on any atom is -0.378 e. The molecule has 0 radical (unpaired) electrons. The van der Waals surface area contributed by atoms with Gasteiger partial charge in [-0.05, 0) is 72.4 Å². The predicted molar refractivity (Wildman–Crippen MR) is 150 cm³/mol. The summed E-state index contributed by atoms with van der Waals surface area (Å²) in [5.41, 5.74) is 6.86. The number of aromatic nitrogens is 1. The van der Waals surface area contributed by atoms with Crippen molar-refractivity contribution in [1.29, 1.82) is 0 Å². The summed E-state index contributed by atoms with van der Waals surface area (Å²) >= 11 is 6.21. The van der Waals surface area contributed by atoms with Crippen LogP contribution in [0.4, 0.5) is 18.9 Å². The number of nitrogens with two attached hydrogens (primary N) is 1. The van der Waals surface area contributed by atoms with Crippen molar-refractivity contribution in [1.82, 2.24) is 4.57 Å². The lowest BCUT2D eigenvalue weighted by molar-refractivity contribution is -0.223. The lowest BCUT2D eigenvalue weighted by atomic mass is 9.92. The highest BCUT2D eigenvalue weighted by atomic mass is 35.5. The van der Waals surface area contributed by atoms with Crippen LogP contribution in [-0.2, 0) is 27.3 Å². The summed E-state index contributed by atoms with van der Waals surface area (Å²) < 4.78 is 53.9. The van der Waals surface area contributed by atoms with Crippen molar-refractivity contribution in [3.05, 3.63) is 86.8 Å². The molecule has 2 aliphatic rings. The first-order valence-corrected chi connectivity index (χ1v) is 13.9. The van der Waals surface area contributed by atoms with E-state index in [4.69, 9.17) is 26.8 Å². The van der Waals surface area contributed by atoms with Crippen LogP contribution in [0.15, 0.2) is 59.5 Å². The number of carbonyl (C=O) groups is 2. The minimum atomic E-state index is -4.62. The van der Waals surface area contributed by atoms with Gasteiger partial charge in [0, 0.05) is 53.5 Å². The molecule has 3 atom stereocenters. The molecule has 2 aromatic carbocycles. The highest BCUT2D eigenvalue weighted by Gasteiger charge is 2.42. The highest BCUT2D eigenvalue weighted by molar-refractivity contribution is 6.30. The molecule has 0 saturated carbocycles. The van der Waals surface area contributed by atoms with E-state index in [0.29, 0.717) is 46.0 Å². The molecule has 3 N–H and O–H groups in total. The summed E-state index contributed by atoms with van der Waals surface area (Å²) in [6, 6.07) is 10.8. The summed E-state index contributed by atoms with van der Waals surface area (Å²) in [5, 5.41) is 3.08. The second-order valence-corrected chi connectivity index (χ2v) is 10.9. The first-order valence-electron chi connectivity index (χ1n) is 13.5. The number of ether oxygens (including phenoxy) is 2. The summed E-state index contributed by atoms with van der Waals surface area (Å²) in [4.78, 5) is 38.7. The van der Waals surface area contributed by atoms with Crippen molar-refractivity contribution in [2.45, 2.75) is 63.1 Å². The van der Waals surface area contributed by atoms with Gasteiger partial charge in [-0.15, -0.1) is 0 Å². The molecule has 1 saturated heterocycles. The normalized spacial score (nSPS) is 19.5. The summed E-state index contributed by atoms with van der Waals surface area (Å²) in [7, 11) is 0. The van der Waals surface area contributed by atoms with Gasteiger partial charge < -0.3 is 25.1 Å². The second kappa shape index (κ2) is 12.3. The number of primary amides is 1. The first-order chi connectivity index (χ1) is 20.0. The molecular weight excluding hydrogens is 575 g/mol. The molecule has 3 aromatic rings. The zero-order valence-electron chi connectivity index (χ0n) is 22.5. The summed E-state index contributed by atoms with van der Waals surface area (Å²) in [6.07, 6.45) is -3.38. The van der Waals surface area contributed by atoms with Gasteiger partial charge in [0.2, 0.25) is 11.8 Å². The van der Waals surface area contributed by atoms with Crippen LogP contribution in [-0.4, -0.2) is 41.4 Å². The Kier molecular flexibility index (Phi) is 8.72. The van der Waals surface area contributed by atoms with Gasteiger partial charge in [-0.2, -0.15) is 13.2 Å². The molecule has 1 aromatic heterocycles. The molecule has 42 heavy (non-hydrogen) atoms. The van der Waals surface area contributed by atoms with E-state index in [1.807, 2.05) is 0 Å². The number of rotatable bonds is 6. The average Bonchev–Trinajstić information content (AvgIpc) is 2.94. The molecule has 3 heterocycles. The maximum absolute atomic E-state index is 13.8. The highest BCUT2D eigenvalue weighted by Crippen LogP contribution is 2.37. The number of benzene rings is 2. The maximum Gasteiger partial charge on any atom is 0.414 e. The number of nitrogens with one attached hydrogen (secondary N) is 1. The molecule has 1 unspecified atom stereocenters. The van der Waals surface area contributed by atoms with Crippen LogP contribution in [0.3, 0.4) is 0 Å². The number of hydrogen-bond donors (Lipinski definition) is 2. The third-order valence-corrected chi connectivity index (χ3v) is 7.81. The Balaban J connectivity index is 1.55. The average molecular weight is 604 g/mol. The number of fused-ring (bicyclic) bond motifs is 3. The van der Waals surface area contributed by atoms with Gasteiger partial charge in [-0.25, -0.2) is 0 Å². The molecule has 0 aliphatic carbocycles. The van der Waals surface area contributed by atoms with Crippen molar-refractivity contribution in [2.24, 2.45) is 5.73 Å². The smallest absolute Gasteiger partial charge is 0.378 e. The van der Waals surface area contributed by atoms with Crippen LogP contribution in [0.2, 0.25) is 5.02 Å². The number of alkyl halides is 3. The van der Waals surface area contributed by atoms with Gasteiger partial charge in [-0.3, -0.25) is 14.4 Å². The number of pyridine rings is 1. The Morgan fingerprint density at radius 2 is 1.79 bits per heavy atom. The first kappa shape index (κ1) is 29.8. The van der Waals surface area contributed by atoms with Crippen molar-refractivity contribution in [3.63, 3.8) is 0 Å². The molecule has 0 bridgehead atoms. The Morgan fingerprint density at radius 1 is 1.05 bits per heavy atom. The van der Waals surface area contributed by atoms with E-state index in [1.54, 1.807) is 0 Å². The third kappa shape index (κ3) is 6.69. The zero-order chi connectivity index (χ0) is 30.0. The van der Waals surface area contributed by atoms with Crippen molar-refractivity contribution in [2.75, 3.05) is 11.9 Å². The Morgan fingerprint density at radius 3 is 2.45 bits per heavy atom. The summed E-state index contributed by atoms with van der Waals surface area (Å²) in [6.45, 7) is 0.0888. The van der Waals surface area contributed by atoms with Crippen LogP contribution < -0.4 is 16.6 Å². The number of anilines is 1. The number of halogens is 4. The molecule has 2 amide bonds. The maximum atomic E-state index is 13.8. The topological polar surface area (TPSA) is 113 Å². The SMILES string of the molecule is NC(=O)c1ccc(NC(=O)[C@H](C[C@@H]2CCCCO2)n2cc3c(cc2=O)-c2cc(Cl)ccc2CC(C(F)(F)F)OC3)cc1. The van der Waals surface area contributed by atoms with E-state index >= 15 is 0 Å². The third-order valence-electron chi connectivity index (χ3n) is 7.57. The molecule has 222 valence electrons. The van der Waals surface area contributed by atoms with Crippen LogP contribution in [0.25, 0.3) is 11.1 Å². The van der Waals surface area contributed by atoms with Gasteiger partial charge in [-0.1, -0.05) is 17.7 Å². The molecule has 5 rings (SSSR count). The van der Waals surface area contributed by atoms with E-state index in [0.717, 1.165) is 12.8 Å². The van der Waals surface area contributed by atoms with E-state index in [9.17, 15) is 27.6 Å². The van der Waals surface area contributed by atoms with Gasteiger partial charge in [0.1, 0.15) is 6.04 Å². The van der Waals surface area contributed by atoms with Gasteiger partial charge >= 0.3 is 6.18 Å². The van der Waals surface area contributed by atoms with E-state index < -0.39 is 48.7 Å². The van der Waals surface area contributed by atoms with Crippen molar-refractivity contribution in [3.8, 4) is 11.1 Å². The van der Waals surface area contributed by atoms with Crippen molar-refractivity contribution >= 4 is 29.1 Å². The molecular formula is C30H29ClF3N3O5. The number of nitrogens with zero attached hydrogens (tertiary/aromatic N) is 1. The number of amides is 2. The van der Waals surface area contributed by atoms with Gasteiger partial charge in [0.25, 0.3) is 5.56 Å². The van der Waals surface area contributed by atoms with Crippen molar-refractivity contribution < 1.29 is 32.2 Å². The molecule has 12 heteroatoms. The molecule has 0 spiro atoms. The number of carbonyl (C=O) groups excluding carboxylic acids is 2. The predicted octanol–water partition coefficient (Wildman–Crippen LogP) is 5.41. The van der Waals surface area contributed by atoms with E-state index in [1.165, 1.54) is 59.3 Å². The lowest BCUT2D eigenvalue weighted by Gasteiger charge is -2.29. The standard InChI is InChI=1S/C30H29ClF3N3O5/c31-20-7-4-18-11-26(30(32,33)34)42-16-19-15-37(27(38)14-24(19)23(18)12-20)25(13-22-3-1-2-10-41-22)29(40)36-21-8-5-17(6-9-21)28(35)39/h4-9,12,14-15,22,25-26H,1-3,10-11,13,16H2,(H2,35,39)(H,36,40)/t22-,25-,26?/m0/s1. The second-order valence-electron chi connectivity index (χ2n) is 10.5. The minimum absolute atomic E-state index is 0.165. The molecule has 2 aliphatic heterocycles. The molecule has 8 nitrogen and oxygen atoms in total. The Bertz CT molecular complexity index is 1530. The fourth-order valence-corrected chi connectivity index (χ4v) is 5.54.